The van der Waals surface area contributed by atoms with Crippen LogP contribution in [0.15, 0.2) is 46.7 Å². The van der Waals surface area contributed by atoms with Crippen molar-refractivity contribution in [1.29, 1.82) is 5.26 Å². The van der Waals surface area contributed by atoms with Crippen LogP contribution in [0.1, 0.15) is 0 Å². The number of sulfone groups is 1. The lowest BCUT2D eigenvalue weighted by Gasteiger charge is -1.95. The molecule has 0 fully saturated rings. The van der Waals surface area contributed by atoms with Crippen molar-refractivity contribution in [2.75, 3.05) is 0 Å². The van der Waals surface area contributed by atoms with Crippen LogP contribution in [0.5, 0.6) is 0 Å². The first-order valence-corrected chi connectivity index (χ1v) is 5.08. The number of nitriles is 1. The molecule has 0 aliphatic carbocycles. The van der Waals surface area contributed by atoms with Gasteiger partial charge in [-0.25, -0.2) is 8.42 Å². The molecule has 66 valence electrons. The zero-order valence-corrected chi connectivity index (χ0v) is 7.53. The van der Waals surface area contributed by atoms with E-state index in [0.717, 1.165) is 11.5 Å². The minimum Gasteiger partial charge on any atom is -0.219 e. The summed E-state index contributed by atoms with van der Waals surface area (Å²) in [5, 5.41) is 9.07. The second-order valence-corrected chi connectivity index (χ2v) is 4.12. The Hall–Kier alpha value is -1.60. The van der Waals surface area contributed by atoms with Crippen LogP contribution in [0.4, 0.5) is 0 Å². The van der Waals surface area contributed by atoms with E-state index in [2.05, 4.69) is 0 Å². The topological polar surface area (TPSA) is 57.9 Å². The Kier molecular flexibility index (Phi) is 2.83. The molecule has 0 saturated heterocycles. The molecule has 13 heavy (non-hydrogen) atoms. The molecule has 1 rings (SSSR count). The highest BCUT2D eigenvalue weighted by Crippen LogP contribution is 2.10. The number of hydrogen-bond acceptors (Lipinski definition) is 3. The van der Waals surface area contributed by atoms with Crippen LogP contribution in [0.3, 0.4) is 0 Å². The quantitative estimate of drug-likeness (QED) is 0.669. The highest BCUT2D eigenvalue weighted by atomic mass is 32.2. The molecule has 0 N–H and O–H groups in total. The fourth-order valence-electron chi connectivity index (χ4n) is 0.809. The van der Waals surface area contributed by atoms with E-state index in [1.54, 1.807) is 24.3 Å². The molecular weight excluding hydrogens is 186 g/mol. The van der Waals surface area contributed by atoms with Crippen LogP contribution in [0, 0.1) is 11.3 Å². The number of hydrogen-bond donors (Lipinski definition) is 0. The van der Waals surface area contributed by atoms with Gasteiger partial charge in [-0.15, -0.1) is 0 Å². The van der Waals surface area contributed by atoms with Crippen molar-refractivity contribution in [3.63, 3.8) is 0 Å². The molecule has 0 unspecified atom stereocenters. The lowest BCUT2D eigenvalue weighted by atomic mass is 10.4. The molecule has 0 radical (unpaired) electrons. The normalized spacial score (nSPS) is 11.3. The third-order valence-corrected chi connectivity index (χ3v) is 2.82. The van der Waals surface area contributed by atoms with Crippen LogP contribution in [0.25, 0.3) is 0 Å². The molecule has 0 aromatic heterocycles. The first-order chi connectivity index (χ1) is 6.17. The summed E-state index contributed by atoms with van der Waals surface area (Å²) in [5.41, 5.74) is 0. The summed E-state index contributed by atoms with van der Waals surface area (Å²) in [6.07, 6.45) is 0.947. The summed E-state index contributed by atoms with van der Waals surface area (Å²) in [6.45, 7) is 0. The Morgan fingerprint density at radius 1 is 1.23 bits per heavy atom. The maximum absolute atomic E-state index is 11.4. The van der Waals surface area contributed by atoms with E-state index >= 15 is 0 Å². The van der Waals surface area contributed by atoms with Crippen LogP contribution in [-0.2, 0) is 9.84 Å². The van der Waals surface area contributed by atoms with Gasteiger partial charge in [0.1, 0.15) is 0 Å². The van der Waals surface area contributed by atoms with Crippen molar-refractivity contribution in [2.24, 2.45) is 0 Å². The maximum Gasteiger partial charge on any atom is 0.200 e. The van der Waals surface area contributed by atoms with Gasteiger partial charge in [0.05, 0.1) is 11.0 Å². The Labute approximate surface area is 76.9 Å². The van der Waals surface area contributed by atoms with E-state index in [9.17, 15) is 8.42 Å². The van der Waals surface area contributed by atoms with Gasteiger partial charge >= 0.3 is 0 Å². The first kappa shape index (κ1) is 9.49. The number of benzene rings is 1. The van der Waals surface area contributed by atoms with Crippen molar-refractivity contribution in [1.82, 2.24) is 0 Å². The second kappa shape index (κ2) is 3.87. The van der Waals surface area contributed by atoms with Gasteiger partial charge in [-0.05, 0) is 12.1 Å². The average Bonchev–Trinajstić information content (AvgIpc) is 2.16. The molecule has 0 amide bonds. The number of allylic oxidation sites excluding steroid dienone is 1. The van der Waals surface area contributed by atoms with E-state index in [1.165, 1.54) is 12.1 Å². The standard InChI is InChI=1S/C9H7NO2S/c10-7-4-8-13(11,12)9-5-2-1-3-6-9/h1-6,8H. The molecule has 0 aliphatic rings. The third-order valence-electron chi connectivity index (χ3n) is 1.39. The SMILES string of the molecule is N#CC=CS(=O)(=O)c1ccccc1. The van der Waals surface area contributed by atoms with Gasteiger partial charge < -0.3 is 0 Å². The first-order valence-electron chi connectivity index (χ1n) is 3.53. The van der Waals surface area contributed by atoms with Crippen LogP contribution in [-0.4, -0.2) is 8.42 Å². The number of nitrogens with zero attached hydrogens (tertiary/aromatic N) is 1. The van der Waals surface area contributed by atoms with E-state index in [4.69, 9.17) is 5.26 Å². The molecule has 4 heteroatoms. The highest BCUT2D eigenvalue weighted by molar-refractivity contribution is 7.94. The van der Waals surface area contributed by atoms with Crippen LogP contribution in [0.2, 0.25) is 0 Å². The van der Waals surface area contributed by atoms with Crippen molar-refractivity contribution >= 4 is 9.84 Å². The molecular formula is C9H7NO2S. The van der Waals surface area contributed by atoms with E-state index < -0.39 is 9.84 Å². The summed E-state index contributed by atoms with van der Waals surface area (Å²) < 4.78 is 22.7. The predicted molar refractivity (Wildman–Crippen MR) is 48.4 cm³/mol. The Morgan fingerprint density at radius 2 is 1.85 bits per heavy atom. The van der Waals surface area contributed by atoms with Crippen LogP contribution < -0.4 is 0 Å². The Morgan fingerprint density at radius 3 is 2.38 bits per heavy atom. The van der Waals surface area contributed by atoms with Crippen LogP contribution >= 0.6 is 0 Å². The van der Waals surface area contributed by atoms with Crippen molar-refractivity contribution in [2.45, 2.75) is 4.90 Å². The minimum atomic E-state index is -3.43. The summed E-state index contributed by atoms with van der Waals surface area (Å²) in [7, 11) is -3.43. The maximum atomic E-state index is 11.4. The lowest BCUT2D eigenvalue weighted by Crippen LogP contribution is -1.94. The number of rotatable bonds is 2. The molecule has 0 bridgehead atoms. The minimum absolute atomic E-state index is 0.196. The summed E-state index contributed by atoms with van der Waals surface area (Å²) in [4.78, 5) is 0.196. The monoisotopic (exact) mass is 193 g/mol. The van der Waals surface area contributed by atoms with Crippen molar-refractivity contribution in [3.8, 4) is 6.07 Å². The van der Waals surface area contributed by atoms with Gasteiger partial charge in [-0.2, -0.15) is 5.26 Å². The van der Waals surface area contributed by atoms with Gasteiger partial charge in [0.2, 0.25) is 9.84 Å². The zero-order valence-electron chi connectivity index (χ0n) is 6.71. The molecule has 0 heterocycles. The molecule has 1 aromatic carbocycles. The average molecular weight is 193 g/mol. The van der Waals surface area contributed by atoms with Gasteiger partial charge in [0.15, 0.2) is 0 Å². The zero-order chi connectivity index (χ0) is 9.73. The molecule has 0 atom stereocenters. The predicted octanol–water partition coefficient (Wildman–Crippen LogP) is 1.50. The Balaban J connectivity index is 3.11. The largest absolute Gasteiger partial charge is 0.219 e. The van der Waals surface area contributed by atoms with Gasteiger partial charge in [-0.1, -0.05) is 18.2 Å². The van der Waals surface area contributed by atoms with Gasteiger partial charge in [0.25, 0.3) is 0 Å². The van der Waals surface area contributed by atoms with Gasteiger partial charge in [0, 0.05) is 11.5 Å². The molecule has 3 nitrogen and oxygen atoms in total. The highest BCUT2D eigenvalue weighted by Gasteiger charge is 2.07. The fraction of sp³-hybridized carbons (Fsp3) is 0. The molecule has 1 aromatic rings. The van der Waals surface area contributed by atoms with Gasteiger partial charge in [-0.3, -0.25) is 0 Å². The summed E-state index contributed by atoms with van der Waals surface area (Å²) >= 11 is 0. The smallest absolute Gasteiger partial charge is 0.200 e. The van der Waals surface area contributed by atoms with E-state index in [-0.39, 0.29) is 4.90 Å². The van der Waals surface area contributed by atoms with E-state index in [1.807, 2.05) is 0 Å². The fourth-order valence-corrected chi connectivity index (χ4v) is 1.74. The van der Waals surface area contributed by atoms with Crippen molar-refractivity contribution in [3.05, 3.63) is 41.8 Å². The summed E-state index contributed by atoms with van der Waals surface area (Å²) in [6, 6.07) is 9.59. The second-order valence-electron chi connectivity index (χ2n) is 2.29. The molecule has 0 spiro atoms. The summed E-state index contributed by atoms with van der Waals surface area (Å²) in [5.74, 6) is 0. The lowest BCUT2D eigenvalue weighted by molar-refractivity contribution is 0.604. The Bertz CT molecular complexity index is 440. The van der Waals surface area contributed by atoms with E-state index in [0.29, 0.717) is 0 Å². The molecule has 0 aliphatic heterocycles. The third kappa shape index (κ3) is 2.42. The molecule has 0 saturated carbocycles. The van der Waals surface area contributed by atoms with Crippen molar-refractivity contribution < 1.29 is 8.42 Å².